The Balaban J connectivity index is 1.59. The van der Waals surface area contributed by atoms with E-state index in [9.17, 15) is 9.59 Å². The summed E-state index contributed by atoms with van der Waals surface area (Å²) in [4.78, 5) is 23.6. The first-order chi connectivity index (χ1) is 24.4. The van der Waals surface area contributed by atoms with Gasteiger partial charge in [0.2, 0.25) is 0 Å². The molecule has 6 nitrogen and oxygen atoms in total. The SMILES string of the molecule is C=CC(=O)OCCOc1ccc2ccccc2c1C(C)(c1ccc(-c2ccccc2)cc1)c1c(OCCOC(=O)C=C)ccc2ccccc12. The fourth-order valence-electron chi connectivity index (χ4n) is 6.52. The zero-order valence-corrected chi connectivity index (χ0v) is 28.0. The first-order valence-corrected chi connectivity index (χ1v) is 16.5. The Morgan fingerprint density at radius 2 is 0.980 bits per heavy atom. The van der Waals surface area contributed by atoms with E-state index in [0.717, 1.165) is 61.5 Å². The van der Waals surface area contributed by atoms with E-state index < -0.39 is 17.4 Å². The molecule has 0 aliphatic rings. The number of benzene rings is 6. The van der Waals surface area contributed by atoms with Gasteiger partial charge in [0, 0.05) is 23.3 Å². The van der Waals surface area contributed by atoms with Gasteiger partial charge in [0.25, 0.3) is 0 Å². The molecule has 0 fully saturated rings. The Morgan fingerprint density at radius 3 is 1.46 bits per heavy atom. The van der Waals surface area contributed by atoms with Crippen LogP contribution in [0.25, 0.3) is 32.7 Å². The molecule has 0 heterocycles. The zero-order chi connectivity index (χ0) is 34.9. The lowest BCUT2D eigenvalue weighted by molar-refractivity contribution is -0.139. The van der Waals surface area contributed by atoms with Gasteiger partial charge in [0.1, 0.15) is 37.9 Å². The lowest BCUT2D eigenvalue weighted by Crippen LogP contribution is -2.28. The topological polar surface area (TPSA) is 71.1 Å². The van der Waals surface area contributed by atoms with Crippen molar-refractivity contribution in [1.29, 1.82) is 0 Å². The molecule has 250 valence electrons. The van der Waals surface area contributed by atoms with E-state index >= 15 is 0 Å². The lowest BCUT2D eigenvalue weighted by Gasteiger charge is -2.36. The normalized spacial score (nSPS) is 11.1. The minimum absolute atomic E-state index is 0.0612. The van der Waals surface area contributed by atoms with Gasteiger partial charge in [-0.05, 0) is 57.3 Å². The predicted octanol–water partition coefficient (Wildman–Crippen LogP) is 9.23. The number of rotatable bonds is 14. The summed E-state index contributed by atoms with van der Waals surface area (Å²) < 4.78 is 23.5. The highest BCUT2D eigenvalue weighted by atomic mass is 16.6. The number of fused-ring (bicyclic) bond motifs is 2. The van der Waals surface area contributed by atoms with Crippen LogP contribution < -0.4 is 9.47 Å². The van der Waals surface area contributed by atoms with E-state index in [1.54, 1.807) is 0 Å². The monoisotopic (exact) mass is 662 g/mol. The van der Waals surface area contributed by atoms with Gasteiger partial charge in [-0.2, -0.15) is 0 Å². The Bertz CT molecular complexity index is 2040. The summed E-state index contributed by atoms with van der Waals surface area (Å²) in [5.74, 6) is 0.276. The summed E-state index contributed by atoms with van der Waals surface area (Å²) in [5.41, 5.74) is 4.21. The van der Waals surface area contributed by atoms with Crippen molar-refractivity contribution in [2.24, 2.45) is 0 Å². The summed E-state index contributed by atoms with van der Waals surface area (Å²) in [6.07, 6.45) is 2.27. The molecule has 0 aliphatic heterocycles. The molecule has 6 aromatic rings. The van der Waals surface area contributed by atoms with Crippen molar-refractivity contribution >= 4 is 33.5 Å². The van der Waals surface area contributed by atoms with Crippen molar-refractivity contribution in [2.45, 2.75) is 12.3 Å². The van der Waals surface area contributed by atoms with E-state index in [4.69, 9.17) is 18.9 Å². The first-order valence-electron chi connectivity index (χ1n) is 16.5. The summed E-state index contributed by atoms with van der Waals surface area (Å²) in [6.45, 7) is 9.58. The van der Waals surface area contributed by atoms with Gasteiger partial charge in [0.05, 0.1) is 5.41 Å². The predicted molar refractivity (Wildman–Crippen MR) is 199 cm³/mol. The number of hydrogen-bond acceptors (Lipinski definition) is 6. The maximum absolute atomic E-state index is 11.8. The van der Waals surface area contributed by atoms with E-state index in [-0.39, 0.29) is 26.4 Å². The maximum atomic E-state index is 11.8. The Labute approximate surface area is 292 Å². The number of carbonyl (C=O) groups excluding carboxylic acids is 2. The molecule has 0 aromatic heterocycles. The second-order valence-corrected chi connectivity index (χ2v) is 11.8. The summed E-state index contributed by atoms with van der Waals surface area (Å²) >= 11 is 0. The standard InChI is InChI=1S/C44H38O6/c1-4-40(45)49-29-27-47-38-25-21-33-15-9-11-17-36(33)42(38)44(3,35-23-19-32(20-24-35)31-13-7-6-8-14-31)43-37-18-12-10-16-34(37)22-26-39(43)48-28-30-50-41(46)5-2/h4-26H,1-2,27-30H2,3H3. The van der Waals surface area contributed by atoms with Crippen LogP contribution in [0, 0.1) is 0 Å². The molecular weight excluding hydrogens is 624 g/mol. The summed E-state index contributed by atoms with van der Waals surface area (Å²) in [7, 11) is 0. The quantitative estimate of drug-likeness (QED) is 0.0501. The van der Waals surface area contributed by atoms with Crippen molar-refractivity contribution in [3.05, 3.63) is 169 Å². The Hall–Kier alpha value is -6.14. The maximum Gasteiger partial charge on any atom is 0.330 e. The highest BCUT2D eigenvalue weighted by Crippen LogP contribution is 2.51. The fraction of sp³-hybridized carbons (Fsp3) is 0.136. The molecule has 0 aliphatic carbocycles. The number of ether oxygens (including phenoxy) is 4. The van der Waals surface area contributed by atoms with Gasteiger partial charge in [-0.15, -0.1) is 0 Å². The van der Waals surface area contributed by atoms with E-state index in [2.05, 4.69) is 80.7 Å². The fourth-order valence-corrected chi connectivity index (χ4v) is 6.52. The average molecular weight is 663 g/mol. The second-order valence-electron chi connectivity index (χ2n) is 11.8. The molecule has 6 heteroatoms. The summed E-state index contributed by atoms with van der Waals surface area (Å²) in [5, 5.41) is 4.08. The van der Waals surface area contributed by atoms with Gasteiger partial charge < -0.3 is 18.9 Å². The van der Waals surface area contributed by atoms with Gasteiger partial charge in [-0.1, -0.05) is 128 Å². The van der Waals surface area contributed by atoms with Gasteiger partial charge in [-0.25, -0.2) is 9.59 Å². The highest BCUT2D eigenvalue weighted by molar-refractivity contribution is 5.95. The molecule has 50 heavy (non-hydrogen) atoms. The molecule has 0 N–H and O–H groups in total. The van der Waals surface area contributed by atoms with E-state index in [1.807, 2.05) is 66.7 Å². The lowest BCUT2D eigenvalue weighted by atomic mass is 9.67. The third-order valence-corrected chi connectivity index (χ3v) is 8.85. The second kappa shape index (κ2) is 15.4. The van der Waals surface area contributed by atoms with Crippen LogP contribution in [-0.4, -0.2) is 38.4 Å². The number of hydrogen-bond donors (Lipinski definition) is 0. The van der Waals surface area contributed by atoms with Crippen molar-refractivity contribution in [1.82, 2.24) is 0 Å². The largest absolute Gasteiger partial charge is 0.490 e. The van der Waals surface area contributed by atoms with Crippen molar-refractivity contribution in [2.75, 3.05) is 26.4 Å². The van der Waals surface area contributed by atoms with Crippen molar-refractivity contribution in [3.63, 3.8) is 0 Å². The molecule has 0 saturated carbocycles. The van der Waals surface area contributed by atoms with Crippen LogP contribution in [0.5, 0.6) is 11.5 Å². The van der Waals surface area contributed by atoms with E-state index in [0.29, 0.717) is 11.5 Å². The molecule has 0 bridgehead atoms. The molecule has 0 saturated heterocycles. The molecule has 6 rings (SSSR count). The molecule has 0 atom stereocenters. The zero-order valence-electron chi connectivity index (χ0n) is 28.0. The van der Waals surface area contributed by atoms with Gasteiger partial charge in [0.15, 0.2) is 0 Å². The van der Waals surface area contributed by atoms with Crippen LogP contribution in [0.3, 0.4) is 0 Å². The van der Waals surface area contributed by atoms with Crippen molar-refractivity contribution in [3.8, 4) is 22.6 Å². The molecule has 0 spiro atoms. The molecule has 0 radical (unpaired) electrons. The number of carbonyl (C=O) groups is 2. The smallest absolute Gasteiger partial charge is 0.330 e. The third kappa shape index (κ3) is 7.01. The molecular formula is C44H38O6. The van der Waals surface area contributed by atoms with Crippen LogP contribution in [0.1, 0.15) is 23.6 Å². The Kier molecular flexibility index (Phi) is 10.4. The Morgan fingerprint density at radius 1 is 0.540 bits per heavy atom. The molecule has 0 unspecified atom stereocenters. The minimum Gasteiger partial charge on any atom is -0.490 e. The molecule has 0 amide bonds. The average Bonchev–Trinajstić information content (AvgIpc) is 3.17. The van der Waals surface area contributed by atoms with Crippen molar-refractivity contribution < 1.29 is 28.5 Å². The van der Waals surface area contributed by atoms with Crippen LogP contribution in [0.2, 0.25) is 0 Å². The van der Waals surface area contributed by atoms with Crippen LogP contribution in [0.15, 0.2) is 153 Å². The van der Waals surface area contributed by atoms with Gasteiger partial charge >= 0.3 is 11.9 Å². The summed E-state index contributed by atoms with van der Waals surface area (Å²) in [6, 6.07) is 43.4. The first kappa shape index (κ1) is 33.7. The molecule has 6 aromatic carbocycles. The number of esters is 2. The van der Waals surface area contributed by atoms with Crippen LogP contribution in [-0.2, 0) is 24.5 Å². The third-order valence-electron chi connectivity index (χ3n) is 8.85. The van der Waals surface area contributed by atoms with Crippen LogP contribution in [0.4, 0.5) is 0 Å². The minimum atomic E-state index is -0.864. The van der Waals surface area contributed by atoms with Crippen LogP contribution >= 0.6 is 0 Å². The van der Waals surface area contributed by atoms with E-state index in [1.165, 1.54) is 0 Å². The van der Waals surface area contributed by atoms with Gasteiger partial charge in [-0.3, -0.25) is 0 Å². The highest BCUT2D eigenvalue weighted by Gasteiger charge is 2.39.